The summed E-state index contributed by atoms with van der Waals surface area (Å²) in [6.07, 6.45) is 3.41. The molecule has 1 fully saturated rings. The molecule has 2 aliphatic rings. The molecule has 2 atom stereocenters. The summed E-state index contributed by atoms with van der Waals surface area (Å²) in [5.41, 5.74) is 2.70. The summed E-state index contributed by atoms with van der Waals surface area (Å²) in [5.74, 6) is 2.72. The van der Waals surface area contributed by atoms with E-state index in [1.807, 2.05) is 12.1 Å². The number of benzene rings is 1. The fourth-order valence-electron chi connectivity index (χ4n) is 3.91. The van der Waals surface area contributed by atoms with Gasteiger partial charge in [-0.25, -0.2) is 0 Å². The fraction of sp³-hybridized carbons (Fsp3) is 0.647. The Hall–Kier alpha value is -1.26. The highest BCUT2D eigenvalue weighted by atomic mass is 16.5. The quantitative estimate of drug-likeness (QED) is 0.919. The topological polar surface area (TPSA) is 33.7 Å². The molecule has 0 radical (unpaired) electrons. The van der Waals surface area contributed by atoms with E-state index >= 15 is 0 Å². The molecule has 21 heavy (non-hydrogen) atoms. The van der Waals surface area contributed by atoms with Crippen LogP contribution in [0.15, 0.2) is 12.1 Å². The number of piperazine rings is 1. The number of nitrogens with one attached hydrogen (secondary N) is 1. The van der Waals surface area contributed by atoms with Gasteiger partial charge in [-0.15, -0.1) is 0 Å². The van der Waals surface area contributed by atoms with Gasteiger partial charge in [0.15, 0.2) is 0 Å². The van der Waals surface area contributed by atoms with Crippen LogP contribution in [-0.4, -0.2) is 51.8 Å². The van der Waals surface area contributed by atoms with E-state index in [4.69, 9.17) is 9.47 Å². The van der Waals surface area contributed by atoms with Gasteiger partial charge in [0, 0.05) is 36.8 Å². The van der Waals surface area contributed by atoms with Crippen LogP contribution in [0.3, 0.4) is 0 Å². The predicted octanol–water partition coefficient (Wildman–Crippen LogP) is 1.71. The minimum Gasteiger partial charge on any atom is -0.496 e. The molecule has 116 valence electrons. The number of fused-ring (bicyclic) bond motifs is 1. The molecule has 0 saturated carbocycles. The molecule has 1 saturated heterocycles. The number of methoxy groups -OCH3 is 2. The molecular formula is C17H26N2O2. The third-order valence-electron chi connectivity index (χ3n) is 5.12. The van der Waals surface area contributed by atoms with Crippen LogP contribution < -0.4 is 14.8 Å². The Bertz CT molecular complexity index is 504. The zero-order valence-electron chi connectivity index (χ0n) is 13.3. The maximum absolute atomic E-state index is 5.59. The zero-order chi connectivity index (χ0) is 14.8. The highest BCUT2D eigenvalue weighted by Gasteiger charge is 2.32. The van der Waals surface area contributed by atoms with Gasteiger partial charge in [0.1, 0.15) is 11.5 Å². The first-order chi connectivity index (χ1) is 10.2. The third kappa shape index (κ3) is 2.74. The van der Waals surface area contributed by atoms with Crippen LogP contribution in [-0.2, 0) is 12.8 Å². The second-order valence-electron chi connectivity index (χ2n) is 6.18. The van der Waals surface area contributed by atoms with E-state index in [1.54, 1.807) is 14.2 Å². The molecule has 1 heterocycles. The van der Waals surface area contributed by atoms with Gasteiger partial charge in [-0.1, -0.05) is 0 Å². The van der Waals surface area contributed by atoms with Gasteiger partial charge >= 0.3 is 0 Å². The lowest BCUT2D eigenvalue weighted by atomic mass is 9.78. The van der Waals surface area contributed by atoms with Crippen molar-refractivity contribution in [1.82, 2.24) is 10.2 Å². The monoisotopic (exact) mass is 290 g/mol. The second kappa shape index (κ2) is 6.24. The van der Waals surface area contributed by atoms with E-state index in [0.29, 0.717) is 12.0 Å². The lowest BCUT2D eigenvalue weighted by Crippen LogP contribution is -2.53. The summed E-state index contributed by atoms with van der Waals surface area (Å²) in [7, 11) is 5.77. The zero-order valence-corrected chi connectivity index (χ0v) is 13.3. The number of likely N-dealkylation sites (N-methyl/N-ethyl adjacent to an activating group) is 1. The summed E-state index contributed by atoms with van der Waals surface area (Å²) in [4.78, 5) is 2.51. The maximum atomic E-state index is 5.59. The summed E-state index contributed by atoms with van der Waals surface area (Å²) in [6, 6.07) is 4.71. The summed E-state index contributed by atoms with van der Waals surface area (Å²) < 4.78 is 11.1. The second-order valence-corrected chi connectivity index (χ2v) is 6.18. The Labute approximate surface area is 127 Å². The Kier molecular flexibility index (Phi) is 4.36. The van der Waals surface area contributed by atoms with Crippen molar-refractivity contribution >= 4 is 0 Å². The van der Waals surface area contributed by atoms with Crippen molar-refractivity contribution in [3.63, 3.8) is 0 Å². The normalized spacial score (nSPS) is 26.2. The van der Waals surface area contributed by atoms with Crippen molar-refractivity contribution in [3.05, 3.63) is 23.3 Å². The number of hydrogen-bond acceptors (Lipinski definition) is 4. The lowest BCUT2D eigenvalue weighted by Gasteiger charge is -2.41. The van der Waals surface area contributed by atoms with Crippen molar-refractivity contribution < 1.29 is 9.47 Å². The molecular weight excluding hydrogens is 264 g/mol. The van der Waals surface area contributed by atoms with E-state index in [1.165, 1.54) is 17.5 Å². The van der Waals surface area contributed by atoms with Crippen LogP contribution in [0.2, 0.25) is 0 Å². The molecule has 1 aliphatic heterocycles. The Morgan fingerprint density at radius 3 is 2.52 bits per heavy atom. The third-order valence-corrected chi connectivity index (χ3v) is 5.12. The predicted molar refractivity (Wildman–Crippen MR) is 84.3 cm³/mol. The molecule has 4 heteroatoms. The van der Waals surface area contributed by atoms with Crippen LogP contribution in [0.25, 0.3) is 0 Å². The van der Waals surface area contributed by atoms with Crippen molar-refractivity contribution in [2.24, 2.45) is 5.92 Å². The van der Waals surface area contributed by atoms with Crippen LogP contribution in [0.5, 0.6) is 11.5 Å². The molecule has 4 nitrogen and oxygen atoms in total. The van der Waals surface area contributed by atoms with Crippen molar-refractivity contribution in [2.45, 2.75) is 25.3 Å². The highest BCUT2D eigenvalue weighted by molar-refractivity contribution is 5.50. The highest BCUT2D eigenvalue weighted by Crippen LogP contribution is 2.39. The van der Waals surface area contributed by atoms with Gasteiger partial charge in [0.05, 0.1) is 14.2 Å². The van der Waals surface area contributed by atoms with E-state index in [-0.39, 0.29) is 0 Å². The Morgan fingerprint density at radius 1 is 1.14 bits per heavy atom. The number of hydrogen-bond donors (Lipinski definition) is 1. The number of rotatable bonds is 3. The average Bonchev–Trinajstić information content (AvgIpc) is 2.53. The smallest absolute Gasteiger partial charge is 0.122 e. The van der Waals surface area contributed by atoms with Gasteiger partial charge in [0.25, 0.3) is 0 Å². The molecule has 1 aliphatic carbocycles. The first kappa shape index (κ1) is 14.7. The molecule has 0 spiro atoms. The van der Waals surface area contributed by atoms with Crippen LogP contribution in [0.1, 0.15) is 17.5 Å². The molecule has 3 rings (SSSR count). The van der Waals surface area contributed by atoms with Gasteiger partial charge in [-0.2, -0.15) is 0 Å². The molecule has 1 aromatic carbocycles. The van der Waals surface area contributed by atoms with Crippen molar-refractivity contribution in [3.8, 4) is 11.5 Å². The Balaban J connectivity index is 1.87. The van der Waals surface area contributed by atoms with E-state index in [2.05, 4.69) is 17.3 Å². The summed E-state index contributed by atoms with van der Waals surface area (Å²) in [6.45, 7) is 3.35. The molecule has 0 bridgehead atoms. The number of ether oxygens (including phenoxy) is 2. The molecule has 0 aromatic heterocycles. The van der Waals surface area contributed by atoms with Crippen LogP contribution in [0, 0.1) is 5.92 Å². The first-order valence-corrected chi connectivity index (χ1v) is 7.88. The van der Waals surface area contributed by atoms with Crippen molar-refractivity contribution in [1.29, 1.82) is 0 Å². The van der Waals surface area contributed by atoms with E-state index < -0.39 is 0 Å². The first-order valence-electron chi connectivity index (χ1n) is 7.88. The van der Waals surface area contributed by atoms with E-state index in [9.17, 15) is 0 Å². The minimum absolute atomic E-state index is 0.628. The largest absolute Gasteiger partial charge is 0.496 e. The van der Waals surface area contributed by atoms with Gasteiger partial charge < -0.3 is 19.7 Å². The lowest BCUT2D eigenvalue weighted by molar-refractivity contribution is 0.132. The van der Waals surface area contributed by atoms with Crippen LogP contribution in [0.4, 0.5) is 0 Å². The van der Waals surface area contributed by atoms with Gasteiger partial charge in [0.2, 0.25) is 0 Å². The van der Waals surface area contributed by atoms with Gasteiger partial charge in [-0.05, 0) is 44.4 Å². The molecule has 1 N–H and O–H groups in total. The standard InChI is InChI=1S/C17H26N2O2/c1-19-9-8-18-11-15(19)12-4-5-13-14(10-12)17(21-3)7-6-16(13)20-2/h6-7,12,15,18H,4-5,8-11H2,1-3H3. The maximum Gasteiger partial charge on any atom is 0.122 e. The molecule has 1 aromatic rings. The summed E-state index contributed by atoms with van der Waals surface area (Å²) in [5, 5.41) is 3.54. The SMILES string of the molecule is COc1ccc(OC)c2c1CCC(C1CNCCN1C)C2. The Morgan fingerprint density at radius 2 is 1.86 bits per heavy atom. The molecule has 2 unspecified atom stereocenters. The molecule has 0 amide bonds. The van der Waals surface area contributed by atoms with Crippen LogP contribution >= 0.6 is 0 Å². The van der Waals surface area contributed by atoms with Gasteiger partial charge in [-0.3, -0.25) is 0 Å². The minimum atomic E-state index is 0.628. The fourth-order valence-corrected chi connectivity index (χ4v) is 3.91. The van der Waals surface area contributed by atoms with Crippen molar-refractivity contribution in [2.75, 3.05) is 40.9 Å². The van der Waals surface area contributed by atoms with E-state index in [0.717, 1.165) is 44.0 Å². The number of nitrogens with zero attached hydrogens (tertiary/aromatic N) is 1. The summed E-state index contributed by atoms with van der Waals surface area (Å²) >= 11 is 0. The average molecular weight is 290 g/mol.